The van der Waals surface area contributed by atoms with E-state index in [-0.39, 0.29) is 20.1 Å². The second kappa shape index (κ2) is 22.3. The second-order valence-corrected chi connectivity index (χ2v) is 19.1. The maximum absolute atomic E-state index is 7.00. The van der Waals surface area contributed by atoms with Crippen LogP contribution < -0.4 is 0 Å². The molecule has 0 aliphatic carbocycles. The van der Waals surface area contributed by atoms with E-state index in [0.29, 0.717) is 23.7 Å². The number of aliphatic hydroxyl groups excluding tert-OH is 2. The number of furan rings is 2. The smallest absolute Gasteiger partial charge is 0.120 e. The largest absolute Gasteiger partial charge is 0.501 e. The summed E-state index contributed by atoms with van der Waals surface area (Å²) in [5.74, 6) is 3.20. The van der Waals surface area contributed by atoms with Gasteiger partial charge in [-0.05, 0) is 82.3 Å². The van der Waals surface area contributed by atoms with Crippen LogP contribution in [0, 0.1) is 12.1 Å². The van der Waals surface area contributed by atoms with Gasteiger partial charge < -0.3 is 28.2 Å². The number of hydrogen-bond acceptors (Lipinski definition) is 6. The fourth-order valence-corrected chi connectivity index (χ4v) is 10.1. The number of nitrogens with zero attached hydrogens (tertiary/aromatic N) is 4. The Hall–Kier alpha value is -7.13. The molecule has 73 heavy (non-hydrogen) atoms. The molecule has 0 atom stereocenters. The van der Waals surface area contributed by atoms with E-state index in [9.17, 15) is 0 Å². The number of para-hydroxylation sites is 8. The maximum Gasteiger partial charge on any atom is 0.120 e. The Bertz CT molecular complexity index is 3550. The molecule has 0 bridgehead atoms. The molecular weight excluding hydrogens is 1080 g/mol. The van der Waals surface area contributed by atoms with E-state index in [0.717, 1.165) is 103 Å². The zero-order valence-corrected chi connectivity index (χ0v) is 45.5. The van der Waals surface area contributed by atoms with Gasteiger partial charge in [0.05, 0.1) is 44.9 Å². The predicted octanol–water partition coefficient (Wildman–Crippen LogP) is 16.5. The molecule has 0 fully saturated rings. The van der Waals surface area contributed by atoms with Crippen LogP contribution >= 0.6 is 0 Å². The fraction of sp³-hybridized carbons (Fsp3) is 0.219. The molecule has 0 saturated carbocycles. The molecule has 8 aromatic carbocycles. The van der Waals surface area contributed by atoms with E-state index in [1.165, 1.54) is 33.6 Å². The van der Waals surface area contributed by atoms with E-state index in [1.54, 1.807) is 0 Å². The Balaban J connectivity index is 0.000000180. The summed E-state index contributed by atoms with van der Waals surface area (Å²) in [5.41, 5.74) is 17.0. The summed E-state index contributed by atoms with van der Waals surface area (Å²) in [4.78, 5) is 10.3. The van der Waals surface area contributed by atoms with Crippen molar-refractivity contribution in [1.29, 1.82) is 0 Å². The molecule has 0 aliphatic rings. The van der Waals surface area contributed by atoms with Crippen molar-refractivity contribution in [2.45, 2.75) is 79.1 Å². The first-order valence-corrected chi connectivity index (χ1v) is 24.8. The van der Waals surface area contributed by atoms with Gasteiger partial charge in [0, 0.05) is 56.5 Å². The molecule has 1 radical (unpaired) electrons. The zero-order chi connectivity index (χ0) is 50.8. The Morgan fingerprint density at radius 3 is 1.08 bits per heavy atom. The molecule has 8 nitrogen and oxygen atoms in total. The first kappa shape index (κ1) is 52.2. The van der Waals surface area contributed by atoms with Crippen molar-refractivity contribution in [2.24, 2.45) is 0 Å². The minimum atomic E-state index is 0. The Morgan fingerprint density at radius 1 is 0.397 bits per heavy atom. The minimum Gasteiger partial charge on any atom is -0.501 e. The normalized spacial score (nSPS) is 11.4. The molecule has 0 spiro atoms. The van der Waals surface area contributed by atoms with Gasteiger partial charge in [-0.2, -0.15) is 0 Å². The average Bonchev–Trinajstić information content (AvgIpc) is 4.20. The third-order valence-corrected chi connectivity index (χ3v) is 13.4. The van der Waals surface area contributed by atoms with Crippen LogP contribution in [0.1, 0.15) is 101 Å². The van der Waals surface area contributed by atoms with Crippen LogP contribution in [0.2, 0.25) is 0 Å². The number of fused-ring (bicyclic) bond motifs is 8. The van der Waals surface area contributed by atoms with Crippen molar-refractivity contribution in [2.75, 3.05) is 14.2 Å². The third kappa shape index (κ3) is 9.43. The van der Waals surface area contributed by atoms with E-state index >= 15 is 0 Å². The number of imidazole rings is 2. The van der Waals surface area contributed by atoms with Crippen LogP contribution in [-0.2, 0) is 20.1 Å². The number of benzene rings is 8. The van der Waals surface area contributed by atoms with Crippen molar-refractivity contribution in [1.82, 2.24) is 19.1 Å². The van der Waals surface area contributed by atoms with Gasteiger partial charge in [-0.3, -0.25) is 9.97 Å². The minimum absolute atomic E-state index is 0. The van der Waals surface area contributed by atoms with E-state index in [4.69, 9.17) is 29.0 Å². The van der Waals surface area contributed by atoms with Crippen LogP contribution in [0.25, 0.3) is 100 Å². The molecule has 4 heterocycles. The summed E-state index contributed by atoms with van der Waals surface area (Å²) in [6.07, 6.45) is 0. The van der Waals surface area contributed by atoms with Crippen LogP contribution in [0.4, 0.5) is 0 Å². The number of aromatic nitrogens is 4. The molecule has 0 saturated heterocycles. The van der Waals surface area contributed by atoms with Gasteiger partial charge >= 0.3 is 0 Å². The van der Waals surface area contributed by atoms with Crippen molar-refractivity contribution in [3.8, 4) is 34.2 Å². The Kier molecular flexibility index (Phi) is 16.0. The second-order valence-electron chi connectivity index (χ2n) is 19.1. The summed E-state index contributed by atoms with van der Waals surface area (Å²) >= 11 is 0. The molecule has 0 unspecified atom stereocenters. The molecule has 2 N–H and O–H groups in total. The van der Waals surface area contributed by atoms with Crippen LogP contribution in [-0.4, -0.2) is 43.5 Å². The van der Waals surface area contributed by atoms with Crippen molar-refractivity contribution in [3.05, 3.63) is 192 Å². The molecule has 373 valence electrons. The summed E-state index contributed by atoms with van der Waals surface area (Å²) in [5, 5.41) is 18.4. The summed E-state index contributed by atoms with van der Waals surface area (Å²) in [6.45, 7) is 18.1. The van der Waals surface area contributed by atoms with E-state index in [1.807, 2.05) is 48.5 Å². The first-order valence-electron chi connectivity index (χ1n) is 24.8. The standard InChI is InChI=1S/2C31H27N2O.2CH4O.Ir/c2*1-19(2)21-12-9-13-22(20(3)4)29(21)33-27-17-7-6-16-26(27)32-31(33)25-15-10-14-24-23-11-5-8-18-28(23)34-30(24)25;2*1-2;/h2*5-14,16-20H,1-4H3;2*2H,1H3;/q2*-1;;;. The van der Waals surface area contributed by atoms with Crippen LogP contribution in [0.5, 0.6) is 0 Å². The van der Waals surface area contributed by atoms with Gasteiger partial charge in [-0.25, -0.2) is 0 Å². The van der Waals surface area contributed by atoms with Gasteiger partial charge in [0.25, 0.3) is 0 Å². The van der Waals surface area contributed by atoms with E-state index in [2.05, 4.69) is 186 Å². The SMILES string of the molecule is CC(C)c1cccc(C(C)C)c1-n1c(-c2[c-]ccc3c2oc2ccccc23)nc2ccccc21.CC(C)c1cccc(C(C)C)c1-n1c(-c2[c-]ccc3c2oc2ccccc23)nc2ccccc21.CO.CO.[Ir]. The molecular formula is C64H62IrN4O4-2. The number of hydrogen-bond donors (Lipinski definition) is 2. The summed E-state index contributed by atoms with van der Waals surface area (Å²) in [7, 11) is 2.00. The molecule has 12 aromatic rings. The summed E-state index contributed by atoms with van der Waals surface area (Å²) in [6, 6.07) is 61.6. The molecule has 12 rings (SSSR count). The topological polar surface area (TPSA) is 102 Å². The molecule has 0 amide bonds. The zero-order valence-electron chi connectivity index (χ0n) is 43.2. The Labute approximate surface area is 441 Å². The van der Waals surface area contributed by atoms with Crippen molar-refractivity contribution >= 4 is 65.9 Å². The quantitative estimate of drug-likeness (QED) is 0.147. The summed E-state index contributed by atoms with van der Waals surface area (Å²) < 4.78 is 17.5. The third-order valence-electron chi connectivity index (χ3n) is 13.4. The molecule has 9 heteroatoms. The molecule has 0 aliphatic heterocycles. The van der Waals surface area contributed by atoms with E-state index < -0.39 is 0 Å². The predicted molar refractivity (Wildman–Crippen MR) is 298 cm³/mol. The average molecular weight is 1140 g/mol. The van der Waals surface area contributed by atoms with Crippen molar-refractivity contribution in [3.63, 3.8) is 0 Å². The van der Waals surface area contributed by atoms with Crippen LogP contribution in [0.3, 0.4) is 0 Å². The van der Waals surface area contributed by atoms with Gasteiger partial charge in [0.1, 0.15) is 11.2 Å². The van der Waals surface area contributed by atoms with Crippen LogP contribution in [0.15, 0.2) is 167 Å². The van der Waals surface area contributed by atoms with Gasteiger partial charge in [0.15, 0.2) is 0 Å². The number of aliphatic hydroxyl groups is 2. The van der Waals surface area contributed by atoms with Crippen molar-refractivity contribution < 1.29 is 39.2 Å². The van der Waals surface area contributed by atoms with Gasteiger partial charge in [-0.15, -0.1) is 36.4 Å². The fourth-order valence-electron chi connectivity index (χ4n) is 10.1. The maximum atomic E-state index is 7.00. The first-order chi connectivity index (χ1) is 35.1. The molecule has 4 aromatic heterocycles. The number of rotatable bonds is 8. The van der Waals surface area contributed by atoms with Gasteiger partial charge in [0.2, 0.25) is 0 Å². The Morgan fingerprint density at radius 2 is 0.726 bits per heavy atom. The van der Waals surface area contributed by atoms with Gasteiger partial charge in [-0.1, -0.05) is 174 Å². The monoisotopic (exact) mass is 1140 g/mol.